The zero-order valence-corrected chi connectivity index (χ0v) is 11.4. The van der Waals surface area contributed by atoms with Crippen LogP contribution >= 0.6 is 0 Å². The Balaban J connectivity index is 1.52. The Hall–Kier alpha value is -2.30. The molecule has 0 saturated heterocycles. The van der Waals surface area contributed by atoms with Crippen molar-refractivity contribution in [1.29, 1.82) is 0 Å². The minimum absolute atomic E-state index is 0.0577. The standard InChI is InChI=1S/C15H18N4O/c1-10-2-3-13-12(6-10)7-14(19-13)15(20)16-5-4-11-8-17-18-9-11/h2-3,6,8-9,14,19H,4-5,7H2,1H3,(H,16,20)(H,17,18)/t14-/m0/s1. The summed E-state index contributed by atoms with van der Waals surface area (Å²) in [7, 11) is 0. The first-order valence-corrected chi connectivity index (χ1v) is 6.84. The van der Waals surface area contributed by atoms with Crippen LogP contribution in [0.3, 0.4) is 0 Å². The molecule has 0 radical (unpaired) electrons. The third-order valence-electron chi connectivity index (χ3n) is 3.60. The van der Waals surface area contributed by atoms with Gasteiger partial charge in [0.1, 0.15) is 6.04 Å². The molecule has 3 N–H and O–H groups in total. The van der Waals surface area contributed by atoms with Gasteiger partial charge < -0.3 is 10.6 Å². The van der Waals surface area contributed by atoms with E-state index in [9.17, 15) is 4.79 Å². The van der Waals surface area contributed by atoms with Crippen LogP contribution in [0.25, 0.3) is 0 Å². The smallest absolute Gasteiger partial charge is 0.242 e. The third kappa shape index (κ3) is 2.66. The molecule has 1 aliphatic rings. The van der Waals surface area contributed by atoms with E-state index >= 15 is 0 Å². The molecule has 0 aliphatic carbocycles. The number of aromatic amines is 1. The van der Waals surface area contributed by atoms with Crippen LogP contribution in [0.15, 0.2) is 30.6 Å². The summed E-state index contributed by atoms with van der Waals surface area (Å²) in [5.74, 6) is 0.0577. The molecule has 0 fully saturated rings. The molecule has 1 aromatic heterocycles. The number of aromatic nitrogens is 2. The maximum Gasteiger partial charge on any atom is 0.242 e. The van der Waals surface area contributed by atoms with E-state index in [0.717, 1.165) is 24.1 Å². The van der Waals surface area contributed by atoms with Crippen molar-refractivity contribution in [3.8, 4) is 0 Å². The van der Waals surface area contributed by atoms with Gasteiger partial charge in [-0.05, 0) is 30.5 Å². The number of amides is 1. The summed E-state index contributed by atoms with van der Waals surface area (Å²) in [5.41, 5.74) is 4.63. The summed E-state index contributed by atoms with van der Waals surface area (Å²) in [6.45, 7) is 2.70. The predicted molar refractivity (Wildman–Crippen MR) is 77.6 cm³/mol. The van der Waals surface area contributed by atoms with Gasteiger partial charge in [-0.25, -0.2) is 0 Å². The van der Waals surface area contributed by atoms with Gasteiger partial charge in [0.25, 0.3) is 0 Å². The Morgan fingerprint density at radius 2 is 2.40 bits per heavy atom. The van der Waals surface area contributed by atoms with E-state index < -0.39 is 0 Å². The number of aryl methyl sites for hydroxylation is 1. The fourth-order valence-corrected chi connectivity index (χ4v) is 2.52. The van der Waals surface area contributed by atoms with Gasteiger partial charge in [-0.3, -0.25) is 9.89 Å². The van der Waals surface area contributed by atoms with E-state index in [2.05, 4.69) is 39.9 Å². The molecule has 5 heteroatoms. The second-order valence-electron chi connectivity index (χ2n) is 5.21. The highest BCUT2D eigenvalue weighted by atomic mass is 16.2. The van der Waals surface area contributed by atoms with Crippen LogP contribution in [0, 0.1) is 6.92 Å². The molecule has 104 valence electrons. The molecule has 0 saturated carbocycles. The second-order valence-corrected chi connectivity index (χ2v) is 5.21. The molecule has 1 amide bonds. The summed E-state index contributed by atoms with van der Waals surface area (Å²) in [6, 6.07) is 6.09. The lowest BCUT2D eigenvalue weighted by molar-refractivity contribution is -0.121. The molecule has 3 rings (SSSR count). The van der Waals surface area contributed by atoms with Crippen molar-refractivity contribution in [2.24, 2.45) is 0 Å². The number of fused-ring (bicyclic) bond motifs is 1. The van der Waals surface area contributed by atoms with E-state index in [1.807, 2.05) is 12.3 Å². The lowest BCUT2D eigenvalue weighted by Crippen LogP contribution is -2.39. The van der Waals surface area contributed by atoms with E-state index in [1.54, 1.807) is 6.20 Å². The molecule has 1 aromatic carbocycles. The number of carbonyl (C=O) groups is 1. The number of benzene rings is 1. The Kier molecular flexibility index (Phi) is 3.41. The lowest BCUT2D eigenvalue weighted by atomic mass is 10.1. The van der Waals surface area contributed by atoms with Crippen molar-refractivity contribution in [3.63, 3.8) is 0 Å². The summed E-state index contributed by atoms with van der Waals surface area (Å²) in [6.07, 6.45) is 5.17. The highest BCUT2D eigenvalue weighted by molar-refractivity contribution is 5.87. The highest BCUT2D eigenvalue weighted by Gasteiger charge is 2.26. The van der Waals surface area contributed by atoms with Gasteiger partial charge in [0, 0.05) is 24.8 Å². The molecule has 0 unspecified atom stereocenters. The maximum atomic E-state index is 12.1. The van der Waals surface area contributed by atoms with Crippen molar-refractivity contribution in [1.82, 2.24) is 15.5 Å². The molecule has 2 heterocycles. The normalized spacial score (nSPS) is 16.6. The van der Waals surface area contributed by atoms with E-state index in [1.165, 1.54) is 11.1 Å². The first kappa shape index (κ1) is 12.7. The van der Waals surface area contributed by atoms with E-state index in [0.29, 0.717) is 6.54 Å². The number of hydrogen-bond donors (Lipinski definition) is 3. The first-order valence-electron chi connectivity index (χ1n) is 6.84. The Morgan fingerprint density at radius 1 is 1.50 bits per heavy atom. The number of anilines is 1. The van der Waals surface area contributed by atoms with Crippen molar-refractivity contribution in [3.05, 3.63) is 47.3 Å². The molecule has 20 heavy (non-hydrogen) atoms. The molecular formula is C15H18N4O. The minimum atomic E-state index is -0.156. The maximum absolute atomic E-state index is 12.1. The van der Waals surface area contributed by atoms with E-state index in [-0.39, 0.29) is 11.9 Å². The molecular weight excluding hydrogens is 252 g/mol. The topological polar surface area (TPSA) is 69.8 Å². The Bertz CT molecular complexity index is 606. The fraction of sp³-hybridized carbons (Fsp3) is 0.333. The van der Waals surface area contributed by atoms with Crippen LogP contribution in [0.4, 0.5) is 5.69 Å². The number of rotatable bonds is 4. The monoisotopic (exact) mass is 270 g/mol. The van der Waals surface area contributed by atoms with Gasteiger partial charge >= 0.3 is 0 Å². The van der Waals surface area contributed by atoms with Crippen LogP contribution < -0.4 is 10.6 Å². The molecule has 1 aliphatic heterocycles. The van der Waals surface area contributed by atoms with Crippen molar-refractivity contribution in [2.75, 3.05) is 11.9 Å². The number of nitrogens with zero attached hydrogens (tertiary/aromatic N) is 1. The summed E-state index contributed by atoms with van der Waals surface area (Å²) < 4.78 is 0. The van der Waals surface area contributed by atoms with Crippen molar-refractivity contribution in [2.45, 2.75) is 25.8 Å². The predicted octanol–water partition coefficient (Wildman–Crippen LogP) is 1.41. The Labute approximate surface area is 117 Å². The number of carbonyl (C=O) groups excluding carboxylic acids is 1. The third-order valence-corrected chi connectivity index (χ3v) is 3.60. The largest absolute Gasteiger partial charge is 0.373 e. The average molecular weight is 270 g/mol. The molecule has 5 nitrogen and oxygen atoms in total. The lowest BCUT2D eigenvalue weighted by Gasteiger charge is -2.11. The second kappa shape index (κ2) is 5.36. The van der Waals surface area contributed by atoms with Crippen LogP contribution in [0.2, 0.25) is 0 Å². The Morgan fingerprint density at radius 3 is 3.20 bits per heavy atom. The molecule has 0 bridgehead atoms. The average Bonchev–Trinajstić information content (AvgIpc) is 3.06. The van der Waals surface area contributed by atoms with Crippen molar-refractivity contribution < 1.29 is 4.79 Å². The highest BCUT2D eigenvalue weighted by Crippen LogP contribution is 2.26. The number of H-pyrrole nitrogens is 1. The van der Waals surface area contributed by atoms with Crippen LogP contribution in [0.1, 0.15) is 16.7 Å². The zero-order valence-electron chi connectivity index (χ0n) is 11.4. The SMILES string of the molecule is Cc1ccc2c(c1)C[C@@H](C(=O)NCCc1cn[nH]c1)N2. The number of nitrogens with one attached hydrogen (secondary N) is 3. The molecule has 0 spiro atoms. The summed E-state index contributed by atoms with van der Waals surface area (Å²) >= 11 is 0. The van der Waals surface area contributed by atoms with E-state index in [4.69, 9.17) is 0 Å². The first-order chi connectivity index (χ1) is 9.72. The fourth-order valence-electron chi connectivity index (χ4n) is 2.52. The summed E-state index contributed by atoms with van der Waals surface area (Å²) in [5, 5.41) is 12.9. The quantitative estimate of drug-likeness (QED) is 0.787. The van der Waals surface area contributed by atoms with Gasteiger partial charge in [0.15, 0.2) is 0 Å². The summed E-state index contributed by atoms with van der Waals surface area (Å²) in [4.78, 5) is 12.1. The molecule has 2 aromatic rings. The van der Waals surface area contributed by atoms with Gasteiger partial charge in [-0.2, -0.15) is 5.10 Å². The van der Waals surface area contributed by atoms with Crippen LogP contribution in [-0.4, -0.2) is 28.7 Å². The number of hydrogen-bond acceptors (Lipinski definition) is 3. The minimum Gasteiger partial charge on any atom is -0.373 e. The molecule has 1 atom stereocenters. The van der Waals surface area contributed by atoms with Gasteiger partial charge in [0.2, 0.25) is 5.91 Å². The van der Waals surface area contributed by atoms with Crippen LogP contribution in [-0.2, 0) is 17.6 Å². The van der Waals surface area contributed by atoms with Gasteiger partial charge in [0.05, 0.1) is 6.20 Å². The van der Waals surface area contributed by atoms with Crippen LogP contribution in [0.5, 0.6) is 0 Å². The van der Waals surface area contributed by atoms with Gasteiger partial charge in [-0.1, -0.05) is 17.7 Å². The van der Waals surface area contributed by atoms with Gasteiger partial charge in [-0.15, -0.1) is 0 Å². The van der Waals surface area contributed by atoms with Crippen molar-refractivity contribution >= 4 is 11.6 Å². The zero-order chi connectivity index (χ0) is 13.9.